The third-order valence-corrected chi connectivity index (χ3v) is 3.88. The van der Waals surface area contributed by atoms with Gasteiger partial charge in [0.25, 0.3) is 0 Å². The molecule has 3 rings (SSSR count). The summed E-state index contributed by atoms with van der Waals surface area (Å²) < 4.78 is 13.7. The van der Waals surface area contributed by atoms with Crippen LogP contribution in [0.4, 0.5) is 10.1 Å². The number of anilines is 1. The minimum Gasteiger partial charge on any atom is -0.384 e. The first kappa shape index (κ1) is 13.6. The number of benzene rings is 2. The number of rotatable bonds is 3. The second-order valence-electron chi connectivity index (χ2n) is 5.27. The molecular formula is C17H17FN2O. The zero-order valence-corrected chi connectivity index (χ0v) is 11.8. The van der Waals surface area contributed by atoms with Gasteiger partial charge >= 0.3 is 0 Å². The molecule has 2 aromatic rings. The van der Waals surface area contributed by atoms with Crippen molar-refractivity contribution in [3.63, 3.8) is 0 Å². The van der Waals surface area contributed by atoms with Gasteiger partial charge in [-0.15, -0.1) is 0 Å². The van der Waals surface area contributed by atoms with Gasteiger partial charge in [-0.1, -0.05) is 36.4 Å². The van der Waals surface area contributed by atoms with Crippen LogP contribution in [-0.2, 0) is 4.79 Å². The summed E-state index contributed by atoms with van der Waals surface area (Å²) in [6, 6.07) is 13.9. The molecule has 2 N–H and O–H groups in total. The molecule has 0 spiro atoms. The Labute approximate surface area is 123 Å². The van der Waals surface area contributed by atoms with Gasteiger partial charge in [-0.2, -0.15) is 0 Å². The van der Waals surface area contributed by atoms with Gasteiger partial charge in [0.05, 0.1) is 12.0 Å². The molecule has 1 aliphatic heterocycles. The van der Waals surface area contributed by atoms with Crippen molar-refractivity contribution >= 4 is 11.6 Å². The van der Waals surface area contributed by atoms with Crippen LogP contribution in [0.2, 0.25) is 0 Å². The van der Waals surface area contributed by atoms with E-state index >= 15 is 0 Å². The van der Waals surface area contributed by atoms with E-state index in [1.807, 2.05) is 24.3 Å². The fourth-order valence-corrected chi connectivity index (χ4v) is 2.74. The van der Waals surface area contributed by atoms with E-state index in [1.165, 1.54) is 6.07 Å². The van der Waals surface area contributed by atoms with Gasteiger partial charge in [0, 0.05) is 17.8 Å². The van der Waals surface area contributed by atoms with E-state index in [4.69, 9.17) is 0 Å². The summed E-state index contributed by atoms with van der Waals surface area (Å²) in [7, 11) is 0. The Hall–Kier alpha value is -2.36. The lowest BCUT2D eigenvalue weighted by Crippen LogP contribution is -2.32. The minimum absolute atomic E-state index is 0.0804. The third-order valence-electron chi connectivity index (χ3n) is 3.88. The highest BCUT2D eigenvalue weighted by molar-refractivity contribution is 5.88. The highest BCUT2D eigenvalue weighted by Crippen LogP contribution is 2.31. The standard InChI is InChI=1S/C17H17FN2O/c1-11(12-6-2-4-8-15(12)18)20-17(21)14-10-19-16-9-5-3-7-13(14)16/h2-9,11,14,19H,10H2,1H3,(H,20,21)/t11-,14?/m1/s1. The van der Waals surface area contributed by atoms with Crippen LogP contribution in [0, 0.1) is 5.82 Å². The SMILES string of the molecule is C[C@@H](NC(=O)C1CNc2ccccc21)c1ccccc1F. The highest BCUT2D eigenvalue weighted by atomic mass is 19.1. The average Bonchev–Trinajstić information content (AvgIpc) is 2.91. The monoisotopic (exact) mass is 284 g/mol. The minimum atomic E-state index is -0.355. The Morgan fingerprint density at radius 3 is 2.76 bits per heavy atom. The quantitative estimate of drug-likeness (QED) is 0.908. The van der Waals surface area contributed by atoms with Gasteiger partial charge in [-0.05, 0) is 24.6 Å². The van der Waals surface area contributed by atoms with E-state index in [9.17, 15) is 9.18 Å². The molecule has 0 aromatic heterocycles. The van der Waals surface area contributed by atoms with Crippen molar-refractivity contribution in [2.24, 2.45) is 0 Å². The van der Waals surface area contributed by atoms with Crippen molar-refractivity contribution in [3.8, 4) is 0 Å². The largest absolute Gasteiger partial charge is 0.384 e. The van der Waals surface area contributed by atoms with Crippen molar-refractivity contribution < 1.29 is 9.18 Å². The Morgan fingerprint density at radius 2 is 1.95 bits per heavy atom. The topological polar surface area (TPSA) is 41.1 Å². The van der Waals surface area contributed by atoms with Crippen LogP contribution in [0.3, 0.4) is 0 Å². The number of hydrogen-bond acceptors (Lipinski definition) is 2. The fourth-order valence-electron chi connectivity index (χ4n) is 2.74. The lowest BCUT2D eigenvalue weighted by atomic mass is 9.99. The first-order valence-electron chi connectivity index (χ1n) is 7.04. The van der Waals surface area contributed by atoms with Gasteiger partial charge < -0.3 is 10.6 Å². The molecule has 1 amide bonds. The third kappa shape index (κ3) is 2.61. The lowest BCUT2D eigenvalue weighted by molar-refractivity contribution is -0.122. The van der Waals surface area contributed by atoms with Gasteiger partial charge in [0.2, 0.25) is 5.91 Å². The van der Waals surface area contributed by atoms with Crippen molar-refractivity contribution in [1.29, 1.82) is 0 Å². The van der Waals surface area contributed by atoms with E-state index < -0.39 is 0 Å². The Kier molecular flexibility index (Phi) is 3.60. The van der Waals surface area contributed by atoms with Crippen LogP contribution in [0.15, 0.2) is 48.5 Å². The number of fused-ring (bicyclic) bond motifs is 1. The van der Waals surface area contributed by atoms with Crippen LogP contribution in [0.25, 0.3) is 0 Å². The van der Waals surface area contributed by atoms with Crippen molar-refractivity contribution in [3.05, 3.63) is 65.5 Å². The van der Waals surface area contributed by atoms with Gasteiger partial charge in [0.15, 0.2) is 0 Å². The molecule has 0 bridgehead atoms. The molecule has 0 aliphatic carbocycles. The number of carbonyl (C=O) groups is 1. The molecule has 108 valence electrons. The predicted molar refractivity (Wildman–Crippen MR) is 80.6 cm³/mol. The van der Waals surface area contributed by atoms with Crippen LogP contribution in [-0.4, -0.2) is 12.5 Å². The Morgan fingerprint density at radius 1 is 1.24 bits per heavy atom. The van der Waals surface area contributed by atoms with Crippen molar-refractivity contribution in [2.75, 3.05) is 11.9 Å². The molecule has 0 saturated heterocycles. The summed E-state index contributed by atoms with van der Waals surface area (Å²) in [5, 5.41) is 6.12. The molecule has 4 heteroatoms. The smallest absolute Gasteiger partial charge is 0.229 e. The van der Waals surface area contributed by atoms with E-state index in [0.717, 1.165) is 11.3 Å². The van der Waals surface area contributed by atoms with E-state index in [-0.39, 0.29) is 23.7 Å². The Balaban J connectivity index is 1.75. The van der Waals surface area contributed by atoms with Crippen LogP contribution < -0.4 is 10.6 Å². The maximum atomic E-state index is 13.7. The number of carbonyl (C=O) groups excluding carboxylic acids is 1. The molecule has 3 nitrogen and oxygen atoms in total. The molecule has 1 aliphatic rings. The lowest BCUT2D eigenvalue weighted by Gasteiger charge is -2.18. The van der Waals surface area contributed by atoms with Crippen LogP contribution in [0.1, 0.15) is 30.0 Å². The summed E-state index contributed by atoms with van der Waals surface area (Å²) >= 11 is 0. The summed E-state index contributed by atoms with van der Waals surface area (Å²) in [6.45, 7) is 2.37. The van der Waals surface area contributed by atoms with Gasteiger partial charge in [0.1, 0.15) is 5.82 Å². The second-order valence-corrected chi connectivity index (χ2v) is 5.27. The maximum absolute atomic E-state index is 13.7. The normalized spacial score (nSPS) is 17.7. The maximum Gasteiger partial charge on any atom is 0.229 e. The molecule has 2 atom stereocenters. The molecule has 1 unspecified atom stereocenters. The van der Waals surface area contributed by atoms with E-state index in [2.05, 4.69) is 10.6 Å². The molecular weight excluding hydrogens is 267 g/mol. The summed E-state index contributed by atoms with van der Waals surface area (Å²) in [6.07, 6.45) is 0. The molecule has 0 radical (unpaired) electrons. The van der Waals surface area contributed by atoms with E-state index in [0.29, 0.717) is 12.1 Å². The summed E-state index contributed by atoms with van der Waals surface area (Å²) in [5.74, 6) is -0.603. The number of nitrogens with one attached hydrogen (secondary N) is 2. The molecule has 0 fully saturated rings. The second kappa shape index (κ2) is 5.56. The number of amides is 1. The summed E-state index contributed by atoms with van der Waals surface area (Å²) in [4.78, 5) is 12.4. The van der Waals surface area contributed by atoms with Crippen LogP contribution in [0.5, 0.6) is 0 Å². The predicted octanol–water partition coefficient (Wildman–Crippen LogP) is 3.21. The average molecular weight is 284 g/mol. The van der Waals surface area contributed by atoms with Gasteiger partial charge in [-0.25, -0.2) is 4.39 Å². The summed E-state index contributed by atoms with van der Waals surface area (Å²) in [5.41, 5.74) is 2.50. The molecule has 1 heterocycles. The number of hydrogen-bond donors (Lipinski definition) is 2. The number of para-hydroxylation sites is 1. The highest BCUT2D eigenvalue weighted by Gasteiger charge is 2.29. The molecule has 2 aromatic carbocycles. The first-order valence-corrected chi connectivity index (χ1v) is 7.04. The first-order chi connectivity index (χ1) is 10.2. The fraction of sp³-hybridized carbons (Fsp3) is 0.235. The Bertz CT molecular complexity index is 671. The van der Waals surface area contributed by atoms with Crippen molar-refractivity contribution in [2.45, 2.75) is 18.9 Å². The molecule has 21 heavy (non-hydrogen) atoms. The zero-order valence-electron chi connectivity index (χ0n) is 11.8. The molecule has 0 saturated carbocycles. The van der Waals surface area contributed by atoms with Gasteiger partial charge in [-0.3, -0.25) is 4.79 Å². The van der Waals surface area contributed by atoms with E-state index in [1.54, 1.807) is 25.1 Å². The number of halogens is 1. The van der Waals surface area contributed by atoms with Crippen LogP contribution >= 0.6 is 0 Å². The van der Waals surface area contributed by atoms with Crippen molar-refractivity contribution in [1.82, 2.24) is 5.32 Å². The zero-order chi connectivity index (χ0) is 14.8.